The largest absolute Gasteiger partial charge is 0.449 e. The van der Waals surface area contributed by atoms with Crippen LogP contribution in [-0.4, -0.2) is 15.0 Å². The second-order valence-corrected chi connectivity index (χ2v) is 10.9. The van der Waals surface area contributed by atoms with E-state index in [0.717, 1.165) is 33.8 Å². The predicted octanol–water partition coefficient (Wildman–Crippen LogP) is 9.08. The summed E-state index contributed by atoms with van der Waals surface area (Å²) in [6.07, 6.45) is 1.76. The van der Waals surface area contributed by atoms with Crippen LogP contribution in [0.2, 0.25) is 0 Å². The molecule has 41 heavy (non-hydrogen) atoms. The van der Waals surface area contributed by atoms with Crippen LogP contribution in [0.5, 0.6) is 23.0 Å². The Morgan fingerprint density at radius 3 is 2.17 bits per heavy atom. The number of fused-ring (bicyclic) bond motifs is 6. The normalized spacial score (nSPS) is 13.7. The standard InChI is InChI=1S/C36H25N3O2/c1-36(2)25-15-7-6-13-23(25)32-26(36)18-19-31-34(32)41-33-24(14-10-17-30(33)40-31)29-21-28(22-11-4-3-5-12-22)38-35(39-29)27-16-8-9-20-37-27/h3-21H,1-2H3. The van der Waals surface area contributed by atoms with Crippen LogP contribution < -0.4 is 9.47 Å². The van der Waals surface area contributed by atoms with Crippen LogP contribution in [-0.2, 0) is 5.41 Å². The summed E-state index contributed by atoms with van der Waals surface area (Å²) in [5.41, 5.74) is 8.71. The molecule has 6 aromatic rings. The summed E-state index contributed by atoms with van der Waals surface area (Å²) in [7, 11) is 0. The van der Waals surface area contributed by atoms with Crippen molar-refractivity contribution < 1.29 is 9.47 Å². The molecule has 5 nitrogen and oxygen atoms in total. The van der Waals surface area contributed by atoms with Crippen molar-refractivity contribution in [1.82, 2.24) is 15.0 Å². The molecule has 0 unspecified atom stereocenters. The summed E-state index contributed by atoms with van der Waals surface area (Å²) in [5, 5.41) is 0. The summed E-state index contributed by atoms with van der Waals surface area (Å²) in [4.78, 5) is 14.4. The van der Waals surface area contributed by atoms with E-state index in [4.69, 9.17) is 19.4 Å². The smallest absolute Gasteiger partial charge is 0.179 e. The van der Waals surface area contributed by atoms with Crippen molar-refractivity contribution in [2.24, 2.45) is 0 Å². The van der Waals surface area contributed by atoms with Gasteiger partial charge in [-0.15, -0.1) is 0 Å². The second-order valence-electron chi connectivity index (χ2n) is 10.9. The second kappa shape index (κ2) is 8.86. The molecule has 1 aliphatic heterocycles. The van der Waals surface area contributed by atoms with E-state index < -0.39 is 0 Å². The molecule has 5 heteroatoms. The van der Waals surface area contributed by atoms with Crippen molar-refractivity contribution >= 4 is 0 Å². The number of ether oxygens (including phenoxy) is 2. The quantitative estimate of drug-likeness (QED) is 0.228. The first kappa shape index (κ1) is 23.6. The zero-order chi connectivity index (χ0) is 27.6. The van der Waals surface area contributed by atoms with Gasteiger partial charge in [0.15, 0.2) is 28.8 Å². The zero-order valence-corrected chi connectivity index (χ0v) is 22.6. The monoisotopic (exact) mass is 531 g/mol. The molecular formula is C36H25N3O2. The minimum absolute atomic E-state index is 0.140. The third-order valence-electron chi connectivity index (χ3n) is 8.03. The van der Waals surface area contributed by atoms with Crippen LogP contribution in [0.1, 0.15) is 25.0 Å². The van der Waals surface area contributed by atoms with Gasteiger partial charge in [-0.25, -0.2) is 9.97 Å². The minimum Gasteiger partial charge on any atom is -0.449 e. The first-order valence-electron chi connectivity index (χ1n) is 13.7. The van der Waals surface area contributed by atoms with Gasteiger partial charge in [-0.3, -0.25) is 4.98 Å². The van der Waals surface area contributed by atoms with E-state index in [0.29, 0.717) is 28.8 Å². The predicted molar refractivity (Wildman–Crippen MR) is 160 cm³/mol. The van der Waals surface area contributed by atoms with Crippen LogP contribution >= 0.6 is 0 Å². The molecule has 1 aliphatic carbocycles. The van der Waals surface area contributed by atoms with Gasteiger partial charge >= 0.3 is 0 Å². The number of nitrogens with zero attached hydrogens (tertiary/aromatic N) is 3. The van der Waals surface area contributed by atoms with Gasteiger partial charge in [-0.05, 0) is 53.1 Å². The fraction of sp³-hybridized carbons (Fsp3) is 0.0833. The molecule has 3 heterocycles. The lowest BCUT2D eigenvalue weighted by molar-refractivity contribution is 0.361. The minimum atomic E-state index is -0.140. The van der Waals surface area contributed by atoms with E-state index in [2.05, 4.69) is 49.2 Å². The first-order valence-corrected chi connectivity index (χ1v) is 13.7. The Morgan fingerprint density at radius 2 is 1.32 bits per heavy atom. The lowest BCUT2D eigenvalue weighted by Crippen LogP contribution is -2.15. The van der Waals surface area contributed by atoms with Gasteiger partial charge in [0, 0.05) is 28.3 Å². The summed E-state index contributed by atoms with van der Waals surface area (Å²) in [5.74, 6) is 3.29. The summed E-state index contributed by atoms with van der Waals surface area (Å²) < 4.78 is 13.3. The maximum absolute atomic E-state index is 6.85. The molecule has 0 saturated heterocycles. The van der Waals surface area contributed by atoms with Crippen molar-refractivity contribution in [3.05, 3.63) is 127 Å². The Kier molecular flexibility index (Phi) is 5.10. The van der Waals surface area contributed by atoms with Gasteiger partial charge in [0.25, 0.3) is 0 Å². The highest BCUT2D eigenvalue weighted by atomic mass is 16.6. The van der Waals surface area contributed by atoms with Gasteiger partial charge in [0.1, 0.15) is 5.69 Å². The first-order chi connectivity index (χ1) is 20.1. The van der Waals surface area contributed by atoms with Crippen molar-refractivity contribution in [2.45, 2.75) is 19.3 Å². The lowest BCUT2D eigenvalue weighted by Gasteiger charge is -2.26. The molecule has 0 N–H and O–H groups in total. The molecule has 196 valence electrons. The molecular weight excluding hydrogens is 506 g/mol. The van der Waals surface area contributed by atoms with Crippen LogP contribution in [0.4, 0.5) is 0 Å². The number of para-hydroxylation sites is 1. The van der Waals surface area contributed by atoms with Crippen molar-refractivity contribution in [3.63, 3.8) is 0 Å². The van der Waals surface area contributed by atoms with Crippen LogP contribution in [0, 0.1) is 0 Å². The van der Waals surface area contributed by atoms with E-state index >= 15 is 0 Å². The summed E-state index contributed by atoms with van der Waals surface area (Å²) in [6.45, 7) is 4.52. The molecule has 2 aromatic heterocycles. The maximum Gasteiger partial charge on any atom is 0.179 e. The molecule has 0 saturated carbocycles. The zero-order valence-electron chi connectivity index (χ0n) is 22.6. The number of rotatable bonds is 3. The molecule has 0 spiro atoms. The average molecular weight is 532 g/mol. The maximum atomic E-state index is 6.85. The molecule has 0 bridgehead atoms. The Bertz CT molecular complexity index is 1910. The van der Waals surface area contributed by atoms with Crippen molar-refractivity contribution in [1.29, 1.82) is 0 Å². The highest BCUT2D eigenvalue weighted by Gasteiger charge is 2.39. The van der Waals surface area contributed by atoms with Gasteiger partial charge < -0.3 is 9.47 Å². The summed E-state index contributed by atoms with van der Waals surface area (Å²) >= 11 is 0. The number of pyridine rings is 1. The molecule has 0 atom stereocenters. The Balaban J connectivity index is 1.31. The third kappa shape index (κ3) is 3.66. The van der Waals surface area contributed by atoms with E-state index in [1.165, 1.54) is 16.7 Å². The Labute approximate surface area is 238 Å². The fourth-order valence-electron chi connectivity index (χ4n) is 6.00. The van der Waals surface area contributed by atoms with E-state index in [-0.39, 0.29) is 5.41 Å². The highest BCUT2D eigenvalue weighted by molar-refractivity contribution is 5.89. The third-order valence-corrected chi connectivity index (χ3v) is 8.03. The van der Waals surface area contributed by atoms with Crippen LogP contribution in [0.25, 0.3) is 45.2 Å². The van der Waals surface area contributed by atoms with E-state index in [9.17, 15) is 0 Å². The molecule has 2 aliphatic rings. The van der Waals surface area contributed by atoms with Gasteiger partial charge in [0.2, 0.25) is 0 Å². The molecule has 0 amide bonds. The Morgan fingerprint density at radius 1 is 0.561 bits per heavy atom. The molecule has 0 radical (unpaired) electrons. The van der Waals surface area contributed by atoms with Gasteiger partial charge in [0.05, 0.1) is 11.4 Å². The topological polar surface area (TPSA) is 57.1 Å². The van der Waals surface area contributed by atoms with Crippen molar-refractivity contribution in [3.8, 4) is 68.2 Å². The van der Waals surface area contributed by atoms with Gasteiger partial charge in [-0.1, -0.05) is 86.6 Å². The molecule has 0 fully saturated rings. The SMILES string of the molecule is CC1(C)c2ccccc2-c2c1ccc1c2Oc2c(cccc2-c2cc(-c3ccccc3)nc(-c3ccccn3)n2)O1. The molecule has 8 rings (SSSR count). The summed E-state index contributed by atoms with van der Waals surface area (Å²) in [6, 6.07) is 36.6. The van der Waals surface area contributed by atoms with Crippen molar-refractivity contribution in [2.75, 3.05) is 0 Å². The number of hydrogen-bond donors (Lipinski definition) is 0. The van der Waals surface area contributed by atoms with Gasteiger partial charge in [-0.2, -0.15) is 0 Å². The number of aromatic nitrogens is 3. The average Bonchev–Trinajstić information content (AvgIpc) is 3.27. The van der Waals surface area contributed by atoms with E-state index in [1.807, 2.05) is 78.9 Å². The number of benzene rings is 4. The molecule has 4 aromatic carbocycles. The Hall–Kier alpha value is -5.29. The van der Waals surface area contributed by atoms with E-state index in [1.54, 1.807) is 6.20 Å². The van der Waals surface area contributed by atoms with Crippen LogP contribution in [0.15, 0.2) is 115 Å². The number of hydrogen-bond acceptors (Lipinski definition) is 5. The lowest BCUT2D eigenvalue weighted by atomic mass is 9.82. The van der Waals surface area contributed by atoms with Crippen LogP contribution in [0.3, 0.4) is 0 Å². The fourth-order valence-corrected chi connectivity index (χ4v) is 6.00. The highest BCUT2D eigenvalue weighted by Crippen LogP contribution is 2.59.